The Hall–Kier alpha value is -0.170. The number of ether oxygens (including phenoxy) is 1. The van der Waals surface area contributed by atoms with Gasteiger partial charge < -0.3 is 9.84 Å². The number of rotatable bonds is 3. The normalized spacial score (nSPS) is 50.2. The second kappa shape index (κ2) is 7.51. The maximum atomic E-state index is 12.4. The number of halogens is 1. The van der Waals surface area contributed by atoms with Crippen molar-refractivity contribution in [2.24, 2.45) is 40.4 Å². The zero-order valence-corrected chi connectivity index (χ0v) is 19.6. The number of Topliss-reactive ketones (excluding diaryl/α,β-unsaturated/α-hetero) is 1. The van der Waals surface area contributed by atoms with Crippen LogP contribution in [0, 0.1) is 40.4 Å². The number of fused-ring (bicyclic) bond motifs is 5. The van der Waals surface area contributed by atoms with E-state index in [0.717, 1.165) is 44.9 Å². The van der Waals surface area contributed by atoms with Gasteiger partial charge in [-0.05, 0) is 86.9 Å². The standard InChI is InChI=1S/C23H35IO4/c1-13(25)17-6-7-18-16-5-4-14-10-15(26)8-9-22(14,2)21(16)19(11-23(17,18)3)28-20(27)12-24/h14-19,21,26H,4-12H2,1-3H3/t14?,15?,16-,17+,18-,19?,21+,22-,23+/m0/s1. The summed E-state index contributed by atoms with van der Waals surface area (Å²) < 4.78 is 6.51. The van der Waals surface area contributed by atoms with Crippen molar-refractivity contribution in [1.29, 1.82) is 0 Å². The van der Waals surface area contributed by atoms with Gasteiger partial charge >= 0.3 is 5.97 Å². The first-order valence-electron chi connectivity index (χ1n) is 11.1. The van der Waals surface area contributed by atoms with Crippen LogP contribution in [0.3, 0.4) is 0 Å². The van der Waals surface area contributed by atoms with Gasteiger partial charge in [0.1, 0.15) is 11.9 Å². The SMILES string of the molecule is CC(=O)[C@H]1CC[C@H]2[C@@H]3CCC4CC(O)CC[C@]4(C)[C@H]3C(OC(=O)CI)C[C@]12C. The van der Waals surface area contributed by atoms with Crippen LogP contribution in [0.5, 0.6) is 0 Å². The fourth-order valence-electron chi connectivity index (χ4n) is 8.30. The molecule has 0 aromatic rings. The molecule has 4 aliphatic carbocycles. The molecule has 0 aliphatic heterocycles. The number of hydrogen-bond acceptors (Lipinski definition) is 4. The smallest absolute Gasteiger partial charge is 0.316 e. The van der Waals surface area contributed by atoms with Gasteiger partial charge in [0.25, 0.3) is 0 Å². The summed E-state index contributed by atoms with van der Waals surface area (Å²) in [5, 5.41) is 10.3. The van der Waals surface area contributed by atoms with Crippen molar-refractivity contribution < 1.29 is 19.4 Å². The fourth-order valence-corrected chi connectivity index (χ4v) is 8.48. The van der Waals surface area contributed by atoms with Crippen LogP contribution in [0.4, 0.5) is 0 Å². The summed E-state index contributed by atoms with van der Waals surface area (Å²) in [6.07, 6.45) is 7.80. The number of aliphatic hydroxyl groups is 1. The average Bonchev–Trinajstić information content (AvgIpc) is 2.98. The lowest BCUT2D eigenvalue weighted by Gasteiger charge is -2.62. The minimum atomic E-state index is -0.174. The van der Waals surface area contributed by atoms with E-state index in [2.05, 4.69) is 36.4 Å². The molecule has 0 amide bonds. The van der Waals surface area contributed by atoms with Crippen LogP contribution in [0.25, 0.3) is 0 Å². The summed E-state index contributed by atoms with van der Waals surface area (Å²) in [5.74, 6) is 2.28. The van der Waals surface area contributed by atoms with Crippen molar-refractivity contribution in [3.05, 3.63) is 0 Å². The molecule has 4 saturated carbocycles. The Morgan fingerprint density at radius 1 is 1.11 bits per heavy atom. The number of carbonyl (C=O) groups excluding carboxylic acids is 2. The highest BCUT2D eigenvalue weighted by molar-refractivity contribution is 14.1. The molecular formula is C23H35IO4. The monoisotopic (exact) mass is 502 g/mol. The van der Waals surface area contributed by atoms with Gasteiger partial charge in [0, 0.05) is 11.8 Å². The summed E-state index contributed by atoms with van der Waals surface area (Å²) in [6, 6.07) is 0. The van der Waals surface area contributed by atoms with E-state index in [9.17, 15) is 14.7 Å². The summed E-state index contributed by atoms with van der Waals surface area (Å²) in [5.41, 5.74) is 0.0919. The molecule has 4 aliphatic rings. The molecular weight excluding hydrogens is 467 g/mol. The fraction of sp³-hybridized carbons (Fsp3) is 0.913. The van der Waals surface area contributed by atoms with Gasteiger partial charge in [0.15, 0.2) is 0 Å². The molecule has 0 aromatic carbocycles. The number of ketones is 1. The molecule has 0 spiro atoms. The highest BCUT2D eigenvalue weighted by Gasteiger charge is 2.64. The van der Waals surface area contributed by atoms with Crippen molar-refractivity contribution in [2.75, 3.05) is 4.43 Å². The Morgan fingerprint density at radius 2 is 1.86 bits per heavy atom. The van der Waals surface area contributed by atoms with Gasteiger partial charge in [0.2, 0.25) is 0 Å². The molecule has 0 radical (unpaired) electrons. The quantitative estimate of drug-likeness (QED) is 0.350. The van der Waals surface area contributed by atoms with Crippen molar-refractivity contribution in [1.82, 2.24) is 0 Å². The van der Waals surface area contributed by atoms with E-state index in [1.165, 1.54) is 6.42 Å². The molecule has 0 aromatic heterocycles. The second-order valence-corrected chi connectivity index (χ2v) is 11.4. The van der Waals surface area contributed by atoms with Gasteiger partial charge in [-0.15, -0.1) is 0 Å². The first-order valence-corrected chi connectivity index (χ1v) is 12.7. The summed E-state index contributed by atoms with van der Waals surface area (Å²) in [4.78, 5) is 24.8. The molecule has 5 heteroatoms. The highest BCUT2D eigenvalue weighted by atomic mass is 127. The Bertz CT molecular complexity index is 651. The predicted octanol–water partition coefficient (Wildman–Crippen LogP) is 4.55. The van der Waals surface area contributed by atoms with E-state index in [0.29, 0.717) is 33.9 Å². The van der Waals surface area contributed by atoms with E-state index in [-0.39, 0.29) is 34.9 Å². The largest absolute Gasteiger partial charge is 0.461 e. The van der Waals surface area contributed by atoms with Gasteiger partial charge in [0.05, 0.1) is 10.5 Å². The molecule has 4 fully saturated rings. The maximum absolute atomic E-state index is 12.4. The number of alkyl halides is 1. The van der Waals surface area contributed by atoms with Crippen LogP contribution >= 0.6 is 22.6 Å². The third kappa shape index (κ3) is 3.17. The van der Waals surface area contributed by atoms with Crippen molar-refractivity contribution in [3.63, 3.8) is 0 Å². The van der Waals surface area contributed by atoms with Crippen molar-refractivity contribution in [2.45, 2.75) is 84.3 Å². The molecule has 158 valence electrons. The molecule has 1 N–H and O–H groups in total. The molecule has 0 bridgehead atoms. The first kappa shape index (κ1) is 21.1. The lowest BCUT2D eigenvalue weighted by atomic mass is 9.43. The number of esters is 1. The molecule has 0 heterocycles. The Morgan fingerprint density at radius 3 is 2.54 bits per heavy atom. The minimum Gasteiger partial charge on any atom is -0.461 e. The zero-order valence-electron chi connectivity index (χ0n) is 17.5. The summed E-state index contributed by atoms with van der Waals surface area (Å²) in [7, 11) is 0. The molecule has 0 saturated heterocycles. The Balaban J connectivity index is 1.72. The lowest BCUT2D eigenvalue weighted by Crippen LogP contribution is -2.60. The van der Waals surface area contributed by atoms with E-state index in [1.54, 1.807) is 6.92 Å². The van der Waals surface area contributed by atoms with Crippen LogP contribution in [0.2, 0.25) is 0 Å². The molecule has 28 heavy (non-hydrogen) atoms. The van der Waals surface area contributed by atoms with Gasteiger partial charge in [-0.2, -0.15) is 0 Å². The van der Waals surface area contributed by atoms with Crippen LogP contribution < -0.4 is 0 Å². The Labute approximate surface area is 182 Å². The summed E-state index contributed by atoms with van der Waals surface area (Å²) in [6.45, 7) is 6.46. The van der Waals surface area contributed by atoms with Gasteiger partial charge in [-0.3, -0.25) is 9.59 Å². The number of carbonyl (C=O) groups is 2. The Kier molecular flexibility index (Phi) is 5.65. The van der Waals surface area contributed by atoms with Crippen LogP contribution in [0.15, 0.2) is 0 Å². The number of hydrogen-bond donors (Lipinski definition) is 1. The van der Waals surface area contributed by atoms with Crippen LogP contribution in [0.1, 0.15) is 72.1 Å². The third-order valence-electron chi connectivity index (χ3n) is 9.43. The van der Waals surface area contributed by atoms with E-state index < -0.39 is 0 Å². The number of aliphatic hydroxyl groups excluding tert-OH is 1. The van der Waals surface area contributed by atoms with Gasteiger partial charge in [-0.1, -0.05) is 36.4 Å². The summed E-state index contributed by atoms with van der Waals surface area (Å²) >= 11 is 2.09. The zero-order chi connectivity index (χ0) is 20.3. The third-order valence-corrected chi connectivity index (χ3v) is 10.0. The van der Waals surface area contributed by atoms with E-state index in [1.807, 2.05) is 0 Å². The highest BCUT2D eigenvalue weighted by Crippen LogP contribution is 2.68. The first-order chi connectivity index (χ1) is 13.2. The molecule has 9 atom stereocenters. The van der Waals surface area contributed by atoms with Crippen molar-refractivity contribution in [3.8, 4) is 0 Å². The minimum absolute atomic E-state index is 0.0411. The van der Waals surface area contributed by atoms with Crippen LogP contribution in [-0.2, 0) is 14.3 Å². The van der Waals surface area contributed by atoms with Crippen molar-refractivity contribution >= 4 is 34.3 Å². The van der Waals surface area contributed by atoms with Crippen LogP contribution in [-0.4, -0.2) is 33.5 Å². The molecule has 4 rings (SSSR count). The second-order valence-electron chi connectivity index (χ2n) is 10.6. The maximum Gasteiger partial charge on any atom is 0.316 e. The predicted molar refractivity (Wildman–Crippen MR) is 116 cm³/mol. The van der Waals surface area contributed by atoms with E-state index >= 15 is 0 Å². The molecule has 4 nitrogen and oxygen atoms in total. The van der Waals surface area contributed by atoms with E-state index in [4.69, 9.17) is 4.74 Å². The lowest BCUT2D eigenvalue weighted by molar-refractivity contribution is -0.197. The molecule has 3 unspecified atom stereocenters. The van der Waals surface area contributed by atoms with Gasteiger partial charge in [-0.25, -0.2) is 0 Å². The topological polar surface area (TPSA) is 63.6 Å². The average molecular weight is 502 g/mol.